The molecule has 0 amide bonds. The molecule has 0 aliphatic carbocycles. The molecular weight excluding hydrogens is 214 g/mol. The number of aromatic nitrogens is 2. The summed E-state index contributed by atoms with van der Waals surface area (Å²) in [5.41, 5.74) is 1.64. The third-order valence-electron chi connectivity index (χ3n) is 1.90. The quantitative estimate of drug-likeness (QED) is 0.586. The lowest BCUT2D eigenvalue weighted by molar-refractivity contribution is 0.981. The van der Waals surface area contributed by atoms with Gasteiger partial charge in [-0.3, -0.25) is 4.99 Å². The standard InChI is InChI=1S/C9H9N3S2/c1-5-11-3-7-9(12-5)8(10-2)6(13)4-14-7/h3,13H,2,4H2,1H3. The van der Waals surface area contributed by atoms with E-state index in [2.05, 4.69) is 34.3 Å². The molecule has 1 aliphatic heterocycles. The molecule has 0 bridgehead atoms. The molecule has 0 saturated heterocycles. The first-order chi connectivity index (χ1) is 6.72. The SMILES string of the molecule is C=NC1=C(S)CSc2cnc(C)nc21. The van der Waals surface area contributed by atoms with Gasteiger partial charge in [0.2, 0.25) is 0 Å². The van der Waals surface area contributed by atoms with E-state index in [0.717, 1.165) is 32.8 Å². The molecule has 5 heteroatoms. The fraction of sp³-hybridized carbons (Fsp3) is 0.222. The number of nitrogens with zero attached hydrogens (tertiary/aromatic N) is 3. The molecule has 0 fully saturated rings. The summed E-state index contributed by atoms with van der Waals surface area (Å²) in [5.74, 6) is 1.56. The lowest BCUT2D eigenvalue weighted by Crippen LogP contribution is -2.03. The Morgan fingerprint density at radius 1 is 1.64 bits per heavy atom. The van der Waals surface area contributed by atoms with Gasteiger partial charge in [0, 0.05) is 16.9 Å². The molecule has 0 atom stereocenters. The topological polar surface area (TPSA) is 38.1 Å². The number of aryl methyl sites for hydroxylation is 1. The van der Waals surface area contributed by atoms with Gasteiger partial charge in [0.1, 0.15) is 11.5 Å². The van der Waals surface area contributed by atoms with Crippen molar-refractivity contribution >= 4 is 36.8 Å². The average molecular weight is 223 g/mol. The molecule has 2 heterocycles. The van der Waals surface area contributed by atoms with Crippen LogP contribution in [-0.2, 0) is 0 Å². The molecule has 1 aliphatic rings. The van der Waals surface area contributed by atoms with E-state index in [1.165, 1.54) is 0 Å². The van der Waals surface area contributed by atoms with Gasteiger partial charge in [-0.15, -0.1) is 24.4 Å². The molecule has 0 spiro atoms. The predicted octanol–water partition coefficient (Wildman–Crippen LogP) is 2.19. The van der Waals surface area contributed by atoms with E-state index in [1.54, 1.807) is 11.8 Å². The van der Waals surface area contributed by atoms with Gasteiger partial charge < -0.3 is 0 Å². The Balaban J connectivity index is 2.63. The molecular formula is C9H9N3S2. The molecule has 0 saturated carbocycles. The number of hydrogen-bond donors (Lipinski definition) is 1. The van der Waals surface area contributed by atoms with Crippen LogP contribution in [0, 0.1) is 6.92 Å². The average Bonchev–Trinajstić information content (AvgIpc) is 2.17. The van der Waals surface area contributed by atoms with Gasteiger partial charge >= 0.3 is 0 Å². The summed E-state index contributed by atoms with van der Waals surface area (Å²) in [6.07, 6.45) is 1.83. The maximum atomic E-state index is 4.36. The number of thiol groups is 1. The number of thioether (sulfide) groups is 1. The normalized spacial score (nSPS) is 15.3. The summed E-state index contributed by atoms with van der Waals surface area (Å²) in [6.45, 7) is 5.40. The maximum Gasteiger partial charge on any atom is 0.126 e. The largest absolute Gasteiger partial charge is 0.261 e. The molecule has 0 N–H and O–H groups in total. The van der Waals surface area contributed by atoms with Gasteiger partial charge in [-0.2, -0.15) is 0 Å². The lowest BCUT2D eigenvalue weighted by Gasteiger charge is -2.15. The van der Waals surface area contributed by atoms with Crippen molar-refractivity contribution in [2.45, 2.75) is 11.8 Å². The van der Waals surface area contributed by atoms with Crippen molar-refractivity contribution in [3.05, 3.63) is 22.6 Å². The lowest BCUT2D eigenvalue weighted by atomic mass is 10.3. The minimum absolute atomic E-state index is 0.744. The van der Waals surface area contributed by atoms with Crippen LogP contribution in [0.4, 0.5) is 0 Å². The van der Waals surface area contributed by atoms with Gasteiger partial charge in [0.15, 0.2) is 0 Å². The van der Waals surface area contributed by atoms with Gasteiger partial charge in [-0.05, 0) is 13.6 Å². The molecule has 1 aromatic heterocycles. The van der Waals surface area contributed by atoms with E-state index < -0.39 is 0 Å². The number of hydrogen-bond acceptors (Lipinski definition) is 5. The summed E-state index contributed by atoms with van der Waals surface area (Å²) in [7, 11) is 0. The predicted molar refractivity (Wildman–Crippen MR) is 62.9 cm³/mol. The van der Waals surface area contributed by atoms with Gasteiger partial charge in [-0.25, -0.2) is 9.97 Å². The summed E-state index contributed by atoms with van der Waals surface area (Å²) >= 11 is 6.04. The van der Waals surface area contributed by atoms with E-state index in [4.69, 9.17) is 0 Å². The molecule has 0 radical (unpaired) electrons. The first kappa shape index (κ1) is 9.73. The molecule has 0 unspecified atom stereocenters. The van der Waals surface area contributed by atoms with Crippen molar-refractivity contribution in [2.75, 3.05) is 5.75 Å². The highest BCUT2D eigenvalue weighted by Gasteiger charge is 2.18. The number of rotatable bonds is 1. The number of fused-ring (bicyclic) bond motifs is 1. The Bertz CT molecular complexity index is 426. The Hall–Kier alpha value is -0.810. The highest BCUT2D eigenvalue weighted by molar-refractivity contribution is 8.00. The van der Waals surface area contributed by atoms with E-state index in [9.17, 15) is 0 Å². The first-order valence-electron chi connectivity index (χ1n) is 4.08. The highest BCUT2D eigenvalue weighted by atomic mass is 32.2. The third kappa shape index (κ3) is 1.57. The van der Waals surface area contributed by atoms with Crippen molar-refractivity contribution < 1.29 is 0 Å². The Kier molecular flexibility index (Phi) is 2.60. The monoisotopic (exact) mass is 223 g/mol. The first-order valence-corrected chi connectivity index (χ1v) is 5.51. The van der Waals surface area contributed by atoms with E-state index >= 15 is 0 Å². The fourth-order valence-electron chi connectivity index (χ4n) is 1.25. The summed E-state index contributed by atoms with van der Waals surface area (Å²) < 4.78 is 0. The van der Waals surface area contributed by atoms with Crippen LogP contribution in [0.3, 0.4) is 0 Å². The Morgan fingerprint density at radius 3 is 3.14 bits per heavy atom. The minimum Gasteiger partial charge on any atom is -0.261 e. The Labute approximate surface area is 92.2 Å². The zero-order valence-corrected chi connectivity index (χ0v) is 9.40. The van der Waals surface area contributed by atoms with Crippen molar-refractivity contribution in [1.82, 2.24) is 9.97 Å². The zero-order valence-electron chi connectivity index (χ0n) is 7.69. The van der Waals surface area contributed by atoms with Crippen molar-refractivity contribution in [3.8, 4) is 0 Å². The molecule has 3 nitrogen and oxygen atoms in total. The highest BCUT2D eigenvalue weighted by Crippen LogP contribution is 2.37. The zero-order chi connectivity index (χ0) is 10.1. The van der Waals surface area contributed by atoms with Gasteiger partial charge in [0.25, 0.3) is 0 Å². The second-order valence-corrected chi connectivity index (χ2v) is 4.43. The van der Waals surface area contributed by atoms with Crippen LogP contribution in [0.1, 0.15) is 11.5 Å². The third-order valence-corrected chi connectivity index (χ3v) is 3.52. The number of aliphatic imine (C=N–C) groups is 1. The summed E-state index contributed by atoms with van der Waals surface area (Å²) in [5, 5.41) is 0. The van der Waals surface area contributed by atoms with Crippen LogP contribution in [0.15, 0.2) is 21.0 Å². The van der Waals surface area contributed by atoms with Crippen molar-refractivity contribution in [2.24, 2.45) is 4.99 Å². The molecule has 14 heavy (non-hydrogen) atoms. The molecule has 0 aromatic carbocycles. The summed E-state index contributed by atoms with van der Waals surface area (Å²) in [4.78, 5) is 14.4. The van der Waals surface area contributed by atoms with Crippen molar-refractivity contribution in [3.63, 3.8) is 0 Å². The molecule has 1 aromatic rings. The second-order valence-electron chi connectivity index (χ2n) is 2.87. The van der Waals surface area contributed by atoms with Crippen LogP contribution < -0.4 is 0 Å². The van der Waals surface area contributed by atoms with E-state index in [1.807, 2.05) is 13.1 Å². The van der Waals surface area contributed by atoms with Crippen LogP contribution in [0.2, 0.25) is 0 Å². The second kappa shape index (κ2) is 3.74. The van der Waals surface area contributed by atoms with E-state index in [0.29, 0.717) is 0 Å². The summed E-state index contributed by atoms with van der Waals surface area (Å²) in [6, 6.07) is 0. The maximum absolute atomic E-state index is 4.36. The van der Waals surface area contributed by atoms with Crippen molar-refractivity contribution in [1.29, 1.82) is 0 Å². The van der Waals surface area contributed by atoms with Crippen LogP contribution in [0.5, 0.6) is 0 Å². The Morgan fingerprint density at radius 2 is 2.43 bits per heavy atom. The fourth-order valence-corrected chi connectivity index (χ4v) is 2.46. The molecule has 2 rings (SSSR count). The van der Waals surface area contributed by atoms with Crippen LogP contribution in [0.25, 0.3) is 5.70 Å². The van der Waals surface area contributed by atoms with Crippen LogP contribution in [-0.4, -0.2) is 22.4 Å². The van der Waals surface area contributed by atoms with Gasteiger partial charge in [0.05, 0.1) is 10.6 Å². The smallest absolute Gasteiger partial charge is 0.126 e. The minimum atomic E-state index is 0.744. The van der Waals surface area contributed by atoms with Gasteiger partial charge in [-0.1, -0.05) is 0 Å². The van der Waals surface area contributed by atoms with Crippen LogP contribution >= 0.6 is 24.4 Å². The molecule has 72 valence electrons. The van der Waals surface area contributed by atoms with E-state index in [-0.39, 0.29) is 0 Å².